The summed E-state index contributed by atoms with van der Waals surface area (Å²) in [5.41, 5.74) is 14.6. The molecule has 47 heavy (non-hydrogen) atoms. The monoisotopic (exact) mass is 605 g/mol. The van der Waals surface area contributed by atoms with Gasteiger partial charge in [0.25, 0.3) is 0 Å². The van der Waals surface area contributed by atoms with E-state index in [1.807, 2.05) is 66.7 Å². The molecule has 8 aromatic rings. The van der Waals surface area contributed by atoms with Crippen LogP contribution >= 0.6 is 0 Å². The number of para-hydroxylation sites is 4. The molecule has 0 fully saturated rings. The van der Waals surface area contributed by atoms with E-state index in [-0.39, 0.29) is 5.41 Å². The van der Waals surface area contributed by atoms with Crippen molar-refractivity contribution >= 4 is 22.2 Å². The normalized spacial score (nSPS) is 13.0. The van der Waals surface area contributed by atoms with Crippen LogP contribution in [0.2, 0.25) is 0 Å². The lowest BCUT2D eigenvalue weighted by molar-refractivity contribution is 0.617. The molecule has 0 unspecified atom stereocenters. The van der Waals surface area contributed by atoms with Gasteiger partial charge in [-0.2, -0.15) is 5.26 Å². The van der Waals surface area contributed by atoms with Gasteiger partial charge in [0.05, 0.1) is 11.6 Å². The number of hydrogen-bond donors (Lipinski definition) is 0. The Labute approximate surface area is 271 Å². The summed E-state index contributed by atoms with van der Waals surface area (Å²) in [7, 11) is 0. The van der Waals surface area contributed by atoms with E-state index in [9.17, 15) is 5.26 Å². The quantitative estimate of drug-likeness (QED) is 0.199. The second-order valence-corrected chi connectivity index (χ2v) is 12.6. The molecule has 0 amide bonds. The van der Waals surface area contributed by atoms with Crippen molar-refractivity contribution in [1.29, 1.82) is 5.26 Å². The zero-order valence-electron chi connectivity index (χ0n) is 25.8. The first-order valence-corrected chi connectivity index (χ1v) is 15.6. The van der Waals surface area contributed by atoms with Crippen LogP contribution in [0.4, 0.5) is 0 Å². The summed E-state index contributed by atoms with van der Waals surface area (Å²) >= 11 is 0. The first-order valence-electron chi connectivity index (χ1n) is 15.6. The predicted molar refractivity (Wildman–Crippen MR) is 186 cm³/mol. The zero-order chi connectivity index (χ0) is 31.7. The molecule has 1 aliphatic rings. The minimum Gasteiger partial charge on any atom is -0.436 e. The minimum atomic E-state index is -0.195. The highest BCUT2D eigenvalue weighted by Crippen LogP contribution is 2.50. The Kier molecular flexibility index (Phi) is 5.84. The highest BCUT2D eigenvalue weighted by Gasteiger charge is 2.35. The molecule has 222 valence electrons. The molecule has 6 aromatic carbocycles. The standard InChI is InChI=1S/C42H27N3O2/c1-42(2)34-19-25(24-43)11-17-32(34)33-18-16-28(23-35(33)42)26-12-14-27(15-13-26)29-20-30(40-44-36-7-3-5-9-38(36)46-40)22-31(21-29)41-45-37-8-4-6-10-39(37)47-41/h3-23H,1-2H3. The van der Waals surface area contributed by atoms with Crippen LogP contribution in [0, 0.1) is 11.3 Å². The van der Waals surface area contributed by atoms with E-state index in [1.165, 1.54) is 22.3 Å². The Balaban J connectivity index is 1.12. The van der Waals surface area contributed by atoms with Crippen LogP contribution in [-0.2, 0) is 5.41 Å². The van der Waals surface area contributed by atoms with E-state index in [0.717, 1.165) is 55.6 Å². The Bertz CT molecular complexity index is 2400. The molecule has 1 aliphatic carbocycles. The van der Waals surface area contributed by atoms with Gasteiger partial charge >= 0.3 is 0 Å². The summed E-state index contributed by atoms with van der Waals surface area (Å²) in [5.74, 6) is 1.09. The van der Waals surface area contributed by atoms with Crippen LogP contribution < -0.4 is 0 Å². The van der Waals surface area contributed by atoms with Crippen molar-refractivity contribution in [2.75, 3.05) is 0 Å². The predicted octanol–water partition coefficient (Wildman–Crippen LogP) is 10.8. The van der Waals surface area contributed by atoms with Gasteiger partial charge in [0.15, 0.2) is 11.2 Å². The third-order valence-corrected chi connectivity index (χ3v) is 9.37. The molecule has 0 bridgehead atoms. The molecule has 2 heterocycles. The van der Waals surface area contributed by atoms with Crippen molar-refractivity contribution in [3.8, 4) is 62.4 Å². The molecule has 5 heteroatoms. The number of oxazole rings is 2. The van der Waals surface area contributed by atoms with Crippen LogP contribution in [0.25, 0.3) is 78.5 Å². The van der Waals surface area contributed by atoms with Crippen molar-refractivity contribution in [3.63, 3.8) is 0 Å². The lowest BCUT2D eigenvalue weighted by Crippen LogP contribution is -2.15. The highest BCUT2D eigenvalue weighted by atomic mass is 16.4. The van der Waals surface area contributed by atoms with E-state index < -0.39 is 0 Å². The molecular weight excluding hydrogens is 578 g/mol. The Hall–Kier alpha value is -6.25. The van der Waals surface area contributed by atoms with Crippen LogP contribution in [0.5, 0.6) is 0 Å². The minimum absolute atomic E-state index is 0.195. The number of rotatable bonds is 4. The molecule has 9 rings (SSSR count). The Morgan fingerprint density at radius 2 is 1.00 bits per heavy atom. The van der Waals surface area contributed by atoms with Crippen LogP contribution in [0.3, 0.4) is 0 Å². The number of aromatic nitrogens is 2. The van der Waals surface area contributed by atoms with Gasteiger partial charge in [-0.1, -0.05) is 80.6 Å². The van der Waals surface area contributed by atoms with E-state index in [2.05, 4.69) is 80.6 Å². The molecule has 0 saturated heterocycles. The highest BCUT2D eigenvalue weighted by molar-refractivity contribution is 5.86. The second kappa shape index (κ2) is 10.1. The molecule has 0 atom stereocenters. The maximum Gasteiger partial charge on any atom is 0.227 e. The molecule has 0 radical (unpaired) electrons. The number of hydrogen-bond acceptors (Lipinski definition) is 5. The van der Waals surface area contributed by atoms with E-state index in [4.69, 9.17) is 18.8 Å². The number of nitrogens with zero attached hydrogens (tertiary/aromatic N) is 3. The fourth-order valence-electron chi connectivity index (χ4n) is 6.87. The van der Waals surface area contributed by atoms with Gasteiger partial charge in [0, 0.05) is 16.5 Å². The third kappa shape index (κ3) is 4.38. The van der Waals surface area contributed by atoms with E-state index >= 15 is 0 Å². The smallest absolute Gasteiger partial charge is 0.227 e. The SMILES string of the molecule is CC1(C)c2cc(C#N)ccc2-c2ccc(-c3ccc(-c4cc(-c5nc6ccccc6o5)cc(-c5nc6ccccc6o5)c4)cc3)cc21. The van der Waals surface area contributed by atoms with Crippen LogP contribution in [0.15, 0.2) is 136 Å². The summed E-state index contributed by atoms with van der Waals surface area (Å²) in [6.45, 7) is 4.48. The summed E-state index contributed by atoms with van der Waals surface area (Å²) < 4.78 is 12.4. The number of nitriles is 1. The van der Waals surface area contributed by atoms with Crippen molar-refractivity contribution in [3.05, 3.63) is 144 Å². The van der Waals surface area contributed by atoms with Crippen LogP contribution in [-0.4, -0.2) is 9.97 Å². The lowest BCUT2D eigenvalue weighted by Gasteiger charge is -2.22. The molecule has 0 N–H and O–H groups in total. The Morgan fingerprint density at radius 1 is 0.511 bits per heavy atom. The van der Waals surface area contributed by atoms with Gasteiger partial charge in [-0.15, -0.1) is 0 Å². The maximum atomic E-state index is 9.49. The molecular formula is C42H27N3O2. The maximum absolute atomic E-state index is 9.49. The van der Waals surface area contributed by atoms with Gasteiger partial charge in [-0.25, -0.2) is 9.97 Å². The first-order chi connectivity index (χ1) is 22.9. The van der Waals surface area contributed by atoms with Gasteiger partial charge in [-0.05, 0) is 105 Å². The van der Waals surface area contributed by atoms with E-state index in [0.29, 0.717) is 17.3 Å². The summed E-state index contributed by atoms with van der Waals surface area (Å²) in [6, 6.07) is 45.5. The topological polar surface area (TPSA) is 75.8 Å². The fourth-order valence-corrected chi connectivity index (χ4v) is 6.87. The molecule has 0 aliphatic heterocycles. The zero-order valence-corrected chi connectivity index (χ0v) is 25.8. The van der Waals surface area contributed by atoms with Crippen molar-refractivity contribution in [1.82, 2.24) is 9.97 Å². The average molecular weight is 606 g/mol. The van der Waals surface area contributed by atoms with E-state index in [1.54, 1.807) is 0 Å². The fraction of sp³-hybridized carbons (Fsp3) is 0.0714. The van der Waals surface area contributed by atoms with Crippen molar-refractivity contribution in [2.45, 2.75) is 19.3 Å². The van der Waals surface area contributed by atoms with Crippen molar-refractivity contribution < 1.29 is 8.83 Å². The summed E-state index contributed by atoms with van der Waals surface area (Å²) in [4.78, 5) is 9.56. The average Bonchev–Trinajstić information content (AvgIpc) is 3.81. The van der Waals surface area contributed by atoms with Gasteiger partial charge in [0.2, 0.25) is 11.8 Å². The number of fused-ring (bicyclic) bond motifs is 5. The molecule has 0 saturated carbocycles. The summed E-state index contributed by atoms with van der Waals surface area (Å²) in [5, 5.41) is 9.49. The molecule has 5 nitrogen and oxygen atoms in total. The molecule has 2 aromatic heterocycles. The first kappa shape index (κ1) is 27.1. The van der Waals surface area contributed by atoms with Gasteiger partial charge in [-0.3, -0.25) is 0 Å². The lowest BCUT2D eigenvalue weighted by atomic mass is 9.81. The van der Waals surface area contributed by atoms with Crippen molar-refractivity contribution in [2.24, 2.45) is 0 Å². The number of benzene rings is 6. The largest absolute Gasteiger partial charge is 0.436 e. The van der Waals surface area contributed by atoms with Gasteiger partial charge < -0.3 is 8.83 Å². The Morgan fingerprint density at radius 3 is 1.57 bits per heavy atom. The second-order valence-electron chi connectivity index (χ2n) is 12.6. The molecule has 0 spiro atoms. The summed E-state index contributed by atoms with van der Waals surface area (Å²) in [6.07, 6.45) is 0. The van der Waals surface area contributed by atoms with Gasteiger partial charge in [0.1, 0.15) is 11.0 Å². The van der Waals surface area contributed by atoms with Crippen LogP contribution in [0.1, 0.15) is 30.5 Å². The third-order valence-electron chi connectivity index (χ3n) is 9.37.